The van der Waals surface area contributed by atoms with Crippen molar-refractivity contribution in [3.05, 3.63) is 23.8 Å². The Labute approximate surface area is 216 Å². The van der Waals surface area contributed by atoms with Gasteiger partial charge in [0, 0.05) is 17.8 Å². The predicted octanol–water partition coefficient (Wildman–Crippen LogP) is 5.29. The second kappa shape index (κ2) is 9.51. The first-order valence-electron chi connectivity index (χ1n) is 13.0. The average molecular weight is 554 g/mol. The highest BCUT2D eigenvalue weighted by atomic mass is 79.9. The average Bonchev–Trinajstić information content (AvgIpc) is 3.05. The van der Waals surface area contributed by atoms with Gasteiger partial charge in [0.2, 0.25) is 0 Å². The highest BCUT2D eigenvalue weighted by Crippen LogP contribution is 2.71. The molecule has 4 aliphatic carbocycles. The van der Waals surface area contributed by atoms with Crippen LogP contribution in [0.3, 0.4) is 0 Å². The van der Waals surface area contributed by atoms with Crippen molar-refractivity contribution in [1.29, 1.82) is 0 Å². The van der Waals surface area contributed by atoms with Crippen molar-refractivity contribution in [3.63, 3.8) is 0 Å². The van der Waals surface area contributed by atoms with Crippen LogP contribution in [-0.2, 0) is 19.1 Å². The standard InChI is InChI=1S/C28H38BrFO5/c1-5-6-7-8-24(34)35-15-22(32)25-16(2)11-18-19-13-21(30)20-12-17(31)9-10-27(20,4)28(19,29)23(33)14-26(18,25)3/h9-10,12,16,18-19,21,23,25,33H,5-8,11,13-15H2,1-4H3/t16-,18+,19+,21+,23+,25-,26+,27+,28+/m1/s1. The number of unbranched alkanes of at least 4 members (excludes halogenated alkanes) is 2. The van der Waals surface area contributed by atoms with Gasteiger partial charge in [-0.05, 0) is 66.6 Å². The zero-order chi connectivity index (χ0) is 25.8. The van der Waals surface area contributed by atoms with Gasteiger partial charge in [-0.1, -0.05) is 62.5 Å². The Hall–Kier alpha value is -1.34. The molecule has 35 heavy (non-hydrogen) atoms. The summed E-state index contributed by atoms with van der Waals surface area (Å²) in [5.74, 6) is -1.23. The molecule has 0 radical (unpaired) electrons. The molecule has 0 aromatic rings. The molecule has 4 aliphatic rings. The molecule has 0 amide bonds. The number of allylic oxidation sites excluding steroid dienone is 4. The number of aliphatic hydroxyl groups excluding tert-OH is 1. The second-order valence-corrected chi connectivity index (χ2v) is 13.0. The molecule has 5 nitrogen and oxygen atoms in total. The molecular weight excluding hydrogens is 515 g/mol. The molecule has 0 aromatic carbocycles. The minimum Gasteiger partial charge on any atom is -0.458 e. The Bertz CT molecular complexity index is 961. The topological polar surface area (TPSA) is 80.7 Å². The fourth-order valence-electron chi connectivity index (χ4n) is 8.09. The van der Waals surface area contributed by atoms with Crippen LogP contribution in [0.4, 0.5) is 4.39 Å². The third-order valence-corrected chi connectivity index (χ3v) is 11.6. The van der Waals surface area contributed by atoms with Crippen molar-refractivity contribution in [2.24, 2.45) is 34.5 Å². The third kappa shape index (κ3) is 4.09. The molecule has 0 heterocycles. The summed E-state index contributed by atoms with van der Waals surface area (Å²) in [6.45, 7) is 7.81. The van der Waals surface area contributed by atoms with Gasteiger partial charge in [-0.2, -0.15) is 0 Å². The summed E-state index contributed by atoms with van der Waals surface area (Å²) in [5.41, 5.74) is -0.948. The first-order chi connectivity index (χ1) is 16.4. The first kappa shape index (κ1) is 26.7. The molecule has 3 fully saturated rings. The van der Waals surface area contributed by atoms with Crippen LogP contribution < -0.4 is 0 Å². The molecule has 0 spiro atoms. The minimum absolute atomic E-state index is 0.0112. The van der Waals surface area contributed by atoms with Crippen molar-refractivity contribution < 1.29 is 28.6 Å². The zero-order valence-corrected chi connectivity index (χ0v) is 22.8. The number of alkyl halides is 2. The van der Waals surface area contributed by atoms with Crippen LogP contribution in [0.25, 0.3) is 0 Å². The predicted molar refractivity (Wildman–Crippen MR) is 135 cm³/mol. The summed E-state index contributed by atoms with van der Waals surface area (Å²) in [6, 6.07) is 0. The van der Waals surface area contributed by atoms with Crippen LogP contribution in [0, 0.1) is 34.5 Å². The van der Waals surface area contributed by atoms with E-state index in [4.69, 9.17) is 4.74 Å². The summed E-state index contributed by atoms with van der Waals surface area (Å²) in [5, 5.41) is 11.6. The highest BCUT2D eigenvalue weighted by Gasteiger charge is 2.71. The van der Waals surface area contributed by atoms with Crippen LogP contribution in [0.5, 0.6) is 0 Å². The SMILES string of the molecule is CCCCCC(=O)OCC(=O)[C@H]1[C@H](C)C[C@H]2[C@@H]3C[C@H](F)C4=CC(=O)C=C[C@]4(C)[C@@]3(Br)[C@@H](O)C[C@@]21C. The van der Waals surface area contributed by atoms with Crippen LogP contribution in [-0.4, -0.2) is 45.8 Å². The lowest BCUT2D eigenvalue weighted by molar-refractivity contribution is -0.153. The number of ether oxygens (including phenoxy) is 1. The van der Waals surface area contributed by atoms with E-state index in [9.17, 15) is 19.5 Å². The van der Waals surface area contributed by atoms with Crippen molar-refractivity contribution in [1.82, 2.24) is 0 Å². The largest absolute Gasteiger partial charge is 0.458 e. The van der Waals surface area contributed by atoms with Crippen LogP contribution in [0.1, 0.15) is 72.6 Å². The van der Waals surface area contributed by atoms with Gasteiger partial charge in [0.15, 0.2) is 11.6 Å². The number of carbonyl (C=O) groups excluding carboxylic acids is 3. The van der Waals surface area contributed by atoms with E-state index in [0.29, 0.717) is 18.4 Å². The Balaban J connectivity index is 1.59. The molecule has 1 N–H and O–H groups in total. The lowest BCUT2D eigenvalue weighted by atomic mass is 9.46. The van der Waals surface area contributed by atoms with E-state index < -0.39 is 27.4 Å². The number of ketones is 2. The number of aliphatic hydroxyl groups is 1. The van der Waals surface area contributed by atoms with Gasteiger partial charge in [-0.25, -0.2) is 4.39 Å². The summed E-state index contributed by atoms with van der Waals surface area (Å²) in [6.07, 6.45) is 6.84. The van der Waals surface area contributed by atoms with Gasteiger partial charge in [0.05, 0.1) is 10.4 Å². The second-order valence-electron chi connectivity index (χ2n) is 11.7. The first-order valence-corrected chi connectivity index (χ1v) is 13.8. The third-order valence-electron chi connectivity index (χ3n) is 9.68. The molecule has 0 aromatic heterocycles. The normalized spacial score (nSPS) is 44.2. The quantitative estimate of drug-likeness (QED) is 0.264. The number of fused-ring (bicyclic) bond motifs is 5. The molecular formula is C28H38BrFO5. The number of hydrogen-bond acceptors (Lipinski definition) is 5. The van der Waals surface area contributed by atoms with Crippen LogP contribution >= 0.6 is 15.9 Å². The number of Topliss-reactive ketones (excluding diaryl/α,β-unsaturated/α-hetero) is 1. The maximum absolute atomic E-state index is 15.6. The van der Waals surface area contributed by atoms with E-state index in [1.54, 1.807) is 6.08 Å². The lowest BCUT2D eigenvalue weighted by Crippen LogP contribution is -2.67. The molecule has 0 aliphatic heterocycles. The van der Waals surface area contributed by atoms with Crippen molar-refractivity contribution in [2.75, 3.05) is 6.61 Å². The minimum atomic E-state index is -1.28. The molecule has 4 rings (SSSR count). The fourth-order valence-corrected chi connectivity index (χ4v) is 9.12. The summed E-state index contributed by atoms with van der Waals surface area (Å²) < 4.78 is 20.1. The molecule has 194 valence electrons. The van der Waals surface area contributed by atoms with Crippen molar-refractivity contribution in [3.8, 4) is 0 Å². The molecule has 0 saturated heterocycles. The van der Waals surface area contributed by atoms with Gasteiger partial charge in [-0.3, -0.25) is 14.4 Å². The Morgan fingerprint density at radius 1 is 1.23 bits per heavy atom. The summed E-state index contributed by atoms with van der Waals surface area (Å²) >= 11 is 3.93. The number of halogens is 2. The van der Waals surface area contributed by atoms with Crippen LogP contribution in [0.2, 0.25) is 0 Å². The fraction of sp³-hybridized carbons (Fsp3) is 0.750. The van der Waals surface area contributed by atoms with Gasteiger partial charge >= 0.3 is 5.97 Å². The molecule has 0 unspecified atom stereocenters. The summed E-state index contributed by atoms with van der Waals surface area (Å²) in [7, 11) is 0. The monoisotopic (exact) mass is 552 g/mol. The summed E-state index contributed by atoms with van der Waals surface area (Å²) in [4.78, 5) is 37.5. The Morgan fingerprint density at radius 2 is 1.94 bits per heavy atom. The zero-order valence-electron chi connectivity index (χ0n) is 21.2. The number of carbonyl (C=O) groups is 3. The van der Waals surface area contributed by atoms with Gasteiger partial charge in [0.1, 0.15) is 12.8 Å². The van der Waals surface area contributed by atoms with Crippen LogP contribution in [0.15, 0.2) is 23.8 Å². The smallest absolute Gasteiger partial charge is 0.306 e. The Morgan fingerprint density at radius 3 is 2.63 bits per heavy atom. The maximum atomic E-state index is 15.6. The van der Waals surface area contributed by atoms with Gasteiger partial charge in [0.25, 0.3) is 0 Å². The van der Waals surface area contributed by atoms with E-state index in [0.717, 1.165) is 25.7 Å². The van der Waals surface area contributed by atoms with E-state index in [-0.39, 0.29) is 54.2 Å². The molecule has 7 heteroatoms. The van der Waals surface area contributed by atoms with Crippen molar-refractivity contribution in [2.45, 2.75) is 89.2 Å². The maximum Gasteiger partial charge on any atom is 0.306 e. The molecule has 3 saturated carbocycles. The van der Waals surface area contributed by atoms with Gasteiger partial charge < -0.3 is 9.84 Å². The number of hydrogen-bond donors (Lipinski definition) is 1. The van der Waals surface area contributed by atoms with E-state index in [2.05, 4.69) is 22.9 Å². The molecule has 0 bridgehead atoms. The van der Waals surface area contributed by atoms with Crippen molar-refractivity contribution >= 4 is 33.5 Å². The van der Waals surface area contributed by atoms with E-state index >= 15 is 4.39 Å². The van der Waals surface area contributed by atoms with Gasteiger partial charge in [-0.15, -0.1) is 0 Å². The number of esters is 1. The number of rotatable bonds is 7. The highest BCUT2D eigenvalue weighted by molar-refractivity contribution is 9.10. The Kier molecular flexibility index (Phi) is 7.26. The van der Waals surface area contributed by atoms with E-state index in [1.165, 1.54) is 12.2 Å². The molecule has 9 atom stereocenters. The van der Waals surface area contributed by atoms with E-state index in [1.807, 2.05) is 20.8 Å². The lowest BCUT2D eigenvalue weighted by Gasteiger charge is -2.64.